The Hall–Kier alpha value is -2.94. The topological polar surface area (TPSA) is 58.5 Å². The fraction of sp³-hybridized carbons (Fsp3) is 0.233. The Kier molecular flexibility index (Phi) is 7.27. The molecule has 0 spiro atoms. The van der Waals surface area contributed by atoms with Gasteiger partial charge in [0, 0.05) is 16.0 Å². The van der Waals surface area contributed by atoms with E-state index < -0.39 is 5.54 Å². The zero-order valence-corrected chi connectivity index (χ0v) is 22.5. The summed E-state index contributed by atoms with van der Waals surface area (Å²) in [5.74, 6) is 1.76. The molecule has 1 unspecified atom stereocenters. The van der Waals surface area contributed by atoms with Crippen molar-refractivity contribution in [1.82, 2.24) is 9.88 Å². The molecule has 1 aliphatic heterocycles. The molecule has 1 N–H and O–H groups in total. The summed E-state index contributed by atoms with van der Waals surface area (Å²) in [6, 6.07) is 32.3. The first-order valence-electron chi connectivity index (χ1n) is 12.0. The first-order valence-corrected chi connectivity index (χ1v) is 13.5. The van der Waals surface area contributed by atoms with Gasteiger partial charge in [0.1, 0.15) is 18.4 Å². The lowest BCUT2D eigenvalue weighted by Gasteiger charge is -2.38. The minimum absolute atomic E-state index is 0.0100. The van der Waals surface area contributed by atoms with E-state index in [0.717, 1.165) is 10.0 Å². The zero-order chi connectivity index (χ0) is 25.1. The highest BCUT2D eigenvalue weighted by Gasteiger charge is 2.62. The van der Waals surface area contributed by atoms with Crippen LogP contribution in [0.15, 0.2) is 107 Å². The Labute approximate surface area is 225 Å². The summed E-state index contributed by atoms with van der Waals surface area (Å²) < 4.78 is 12.6. The van der Waals surface area contributed by atoms with Crippen LogP contribution in [0, 0.1) is 0 Å². The minimum atomic E-state index is -0.521. The number of allylic oxidation sites excluding steroid dienone is 1. The molecule has 4 aromatic rings. The second-order valence-corrected chi connectivity index (χ2v) is 9.74. The van der Waals surface area contributed by atoms with Gasteiger partial charge in [-0.15, -0.1) is 0 Å². The molecular weight excluding hydrogens is 563 g/mol. The maximum absolute atomic E-state index is 9.64. The Morgan fingerprint density at radius 3 is 1.86 bits per heavy atom. The summed E-state index contributed by atoms with van der Waals surface area (Å²) in [7, 11) is 1.55. The maximum atomic E-state index is 9.64. The van der Waals surface area contributed by atoms with Gasteiger partial charge < -0.3 is 14.3 Å². The first-order chi connectivity index (χ1) is 17.7. The van der Waals surface area contributed by atoms with Crippen LogP contribution in [-0.2, 0) is 10.3 Å². The molecule has 1 fully saturated rings. The number of alkyl halides is 1. The van der Waals surface area contributed by atoms with Crippen molar-refractivity contribution < 1.29 is 14.3 Å². The Morgan fingerprint density at radius 2 is 1.44 bits per heavy atom. The van der Waals surface area contributed by atoms with Gasteiger partial charge in [0.15, 0.2) is 5.76 Å². The molecule has 1 aromatic heterocycles. The second kappa shape index (κ2) is 10.6. The van der Waals surface area contributed by atoms with Gasteiger partial charge in [-0.1, -0.05) is 114 Å². The minimum Gasteiger partial charge on any atom is -0.498 e. The highest BCUT2D eigenvalue weighted by Crippen LogP contribution is 2.58. The normalized spacial score (nSPS) is 20.1. The molecule has 0 radical (unpaired) electrons. The summed E-state index contributed by atoms with van der Waals surface area (Å²) in [6.45, 7) is 1.69. The fourth-order valence-electron chi connectivity index (χ4n) is 5.24. The van der Waals surface area contributed by atoms with Crippen LogP contribution in [-0.4, -0.2) is 39.2 Å². The van der Waals surface area contributed by atoms with Gasteiger partial charge in [0.25, 0.3) is 0 Å². The van der Waals surface area contributed by atoms with Crippen LogP contribution in [0.4, 0.5) is 0 Å². The Balaban J connectivity index is 1.69. The Bertz CT molecular complexity index is 1220. The Morgan fingerprint density at radius 1 is 0.944 bits per heavy atom. The van der Waals surface area contributed by atoms with Gasteiger partial charge in [-0.05, 0) is 23.6 Å². The van der Waals surface area contributed by atoms with Crippen LogP contribution < -0.4 is 0 Å². The number of halogens is 1. The van der Waals surface area contributed by atoms with Gasteiger partial charge in [0.05, 0.1) is 18.8 Å². The van der Waals surface area contributed by atoms with E-state index >= 15 is 0 Å². The van der Waals surface area contributed by atoms with Crippen molar-refractivity contribution in [1.29, 1.82) is 0 Å². The van der Waals surface area contributed by atoms with Crippen molar-refractivity contribution in [3.05, 3.63) is 131 Å². The molecule has 3 aromatic carbocycles. The second-order valence-electron chi connectivity index (χ2n) is 8.86. The third kappa shape index (κ3) is 4.17. The lowest BCUT2D eigenvalue weighted by Crippen LogP contribution is -2.39. The predicted molar refractivity (Wildman–Crippen MR) is 150 cm³/mol. The molecule has 3 atom stereocenters. The third-order valence-corrected chi connectivity index (χ3v) is 7.91. The number of oxazole rings is 1. The molecule has 1 saturated heterocycles. The number of hydrogen-bond acceptors (Lipinski definition) is 5. The molecule has 5 nitrogen and oxygen atoms in total. The van der Waals surface area contributed by atoms with Crippen LogP contribution in [0.25, 0.3) is 5.57 Å². The summed E-state index contributed by atoms with van der Waals surface area (Å²) in [6.07, 6.45) is 1.73. The van der Waals surface area contributed by atoms with E-state index in [1.165, 1.54) is 16.7 Å². The summed E-state index contributed by atoms with van der Waals surface area (Å²) >= 11 is 2.46. The van der Waals surface area contributed by atoms with Crippen molar-refractivity contribution in [3.8, 4) is 0 Å². The fourth-order valence-corrected chi connectivity index (χ4v) is 6.14. The number of benzene rings is 3. The largest absolute Gasteiger partial charge is 0.498 e. The van der Waals surface area contributed by atoms with Crippen LogP contribution in [0.5, 0.6) is 0 Å². The number of hydrogen-bond donors (Lipinski definition) is 1. The molecule has 0 aliphatic carbocycles. The summed E-state index contributed by atoms with van der Waals surface area (Å²) in [5.41, 5.74) is 3.82. The van der Waals surface area contributed by atoms with E-state index in [-0.39, 0.29) is 18.7 Å². The molecule has 184 valence electrons. The molecule has 2 heterocycles. The summed E-state index contributed by atoms with van der Waals surface area (Å²) in [4.78, 5) is 7.24. The van der Waals surface area contributed by atoms with Gasteiger partial charge in [-0.2, -0.15) is 0 Å². The number of ether oxygens (including phenoxy) is 1. The van der Waals surface area contributed by atoms with Crippen LogP contribution in [0.3, 0.4) is 0 Å². The van der Waals surface area contributed by atoms with E-state index in [9.17, 15) is 5.11 Å². The standard InChI is InChI=1S/C30H29IN2O3/c1-21(27(20-34)35-2)26-19-32-29(36-26)28-25(18-31)33(28)30(22-12-6-3-7-13-22,23-14-8-4-9-15-23)24-16-10-5-11-17-24/h3-17,19,25,28,34H,18,20H2,1-2H3/b27-21+/t25-,28-,33?/m0/s1. The molecule has 36 heavy (non-hydrogen) atoms. The van der Waals surface area contributed by atoms with Crippen molar-refractivity contribution in [2.24, 2.45) is 0 Å². The molecule has 6 heteroatoms. The number of aromatic nitrogens is 1. The average molecular weight is 592 g/mol. The van der Waals surface area contributed by atoms with Gasteiger partial charge in [0.2, 0.25) is 5.89 Å². The highest BCUT2D eigenvalue weighted by atomic mass is 127. The van der Waals surface area contributed by atoms with Crippen molar-refractivity contribution >= 4 is 28.2 Å². The molecule has 1 aliphatic rings. The maximum Gasteiger partial charge on any atom is 0.213 e. The first kappa shape index (κ1) is 24.7. The van der Waals surface area contributed by atoms with Gasteiger partial charge in [-0.25, -0.2) is 4.98 Å². The van der Waals surface area contributed by atoms with E-state index in [1.807, 2.05) is 6.92 Å². The molecule has 0 amide bonds. The predicted octanol–water partition coefficient (Wildman–Crippen LogP) is 6.20. The third-order valence-electron chi connectivity index (χ3n) is 7.01. The smallest absolute Gasteiger partial charge is 0.213 e. The molecule has 0 saturated carbocycles. The number of rotatable bonds is 9. The van der Waals surface area contributed by atoms with E-state index in [0.29, 0.717) is 17.4 Å². The van der Waals surface area contributed by atoms with Gasteiger partial charge in [-0.3, -0.25) is 4.90 Å². The van der Waals surface area contributed by atoms with Gasteiger partial charge >= 0.3 is 0 Å². The number of aliphatic hydroxyl groups excluding tert-OH is 1. The van der Waals surface area contributed by atoms with Crippen molar-refractivity contribution in [2.75, 3.05) is 18.1 Å². The van der Waals surface area contributed by atoms with Crippen molar-refractivity contribution in [3.63, 3.8) is 0 Å². The van der Waals surface area contributed by atoms with E-state index in [1.54, 1.807) is 13.3 Å². The monoisotopic (exact) mass is 592 g/mol. The van der Waals surface area contributed by atoms with E-state index in [4.69, 9.17) is 14.1 Å². The molecule has 5 rings (SSSR count). The SMILES string of the molecule is CO/C(CO)=C(\C)c1cnc([C@@H]2[C@H](CI)N2C(c2ccccc2)(c2ccccc2)c2ccccc2)o1. The summed E-state index contributed by atoms with van der Waals surface area (Å²) in [5, 5.41) is 9.64. The van der Waals surface area contributed by atoms with Crippen LogP contribution >= 0.6 is 22.6 Å². The molecule has 0 bridgehead atoms. The molecular formula is C30H29IN2O3. The van der Waals surface area contributed by atoms with Crippen LogP contribution in [0.1, 0.15) is 41.3 Å². The number of nitrogens with zero attached hydrogens (tertiary/aromatic N) is 2. The number of aliphatic hydroxyl groups is 1. The quantitative estimate of drug-likeness (QED) is 0.0826. The zero-order valence-electron chi connectivity index (χ0n) is 20.3. The van der Waals surface area contributed by atoms with Crippen LogP contribution in [0.2, 0.25) is 0 Å². The highest BCUT2D eigenvalue weighted by molar-refractivity contribution is 14.1. The lowest BCUT2D eigenvalue weighted by atomic mass is 9.76. The van der Waals surface area contributed by atoms with E-state index in [2.05, 4.69) is 118 Å². The average Bonchev–Trinajstić information content (AvgIpc) is 3.46. The lowest BCUT2D eigenvalue weighted by molar-refractivity contribution is 0.208. The van der Waals surface area contributed by atoms with Crippen molar-refractivity contribution in [2.45, 2.75) is 24.5 Å². The number of methoxy groups -OCH3 is 1.